The minimum Gasteiger partial charge on any atom is -0.348 e. The maximum atomic E-state index is 12.2. The monoisotopic (exact) mass is 337 g/mol. The number of benzene rings is 2. The van der Waals surface area contributed by atoms with Crippen LogP contribution in [-0.4, -0.2) is 23.3 Å². The first-order chi connectivity index (χ1) is 12.2. The second-order valence-electron chi connectivity index (χ2n) is 6.32. The highest BCUT2D eigenvalue weighted by Crippen LogP contribution is 2.15. The van der Waals surface area contributed by atoms with Crippen LogP contribution in [0.15, 0.2) is 48.5 Å². The Morgan fingerprint density at radius 1 is 1.08 bits per heavy atom. The lowest BCUT2D eigenvalue weighted by atomic mass is 10.1. The molecular formula is C20H23N3O2. The summed E-state index contributed by atoms with van der Waals surface area (Å²) in [5.41, 5.74) is 9.30. The van der Waals surface area contributed by atoms with E-state index in [4.69, 9.17) is 5.73 Å². The van der Waals surface area contributed by atoms with E-state index in [1.54, 1.807) is 12.1 Å². The van der Waals surface area contributed by atoms with Gasteiger partial charge >= 0.3 is 0 Å². The van der Waals surface area contributed by atoms with Crippen LogP contribution >= 0.6 is 0 Å². The van der Waals surface area contributed by atoms with Crippen molar-refractivity contribution in [2.24, 2.45) is 5.73 Å². The number of hydrogen-bond acceptors (Lipinski definition) is 3. The van der Waals surface area contributed by atoms with Gasteiger partial charge in [0.1, 0.15) is 0 Å². The molecule has 0 unspecified atom stereocenters. The molecule has 5 heteroatoms. The van der Waals surface area contributed by atoms with Gasteiger partial charge in [0.05, 0.1) is 0 Å². The number of rotatable bonds is 6. The zero-order chi connectivity index (χ0) is 17.6. The number of nitrogens with two attached hydrogens (primary N) is 1. The summed E-state index contributed by atoms with van der Waals surface area (Å²) in [7, 11) is 0. The first kappa shape index (κ1) is 17.2. The molecule has 130 valence electrons. The highest BCUT2D eigenvalue weighted by molar-refractivity contribution is 5.94. The smallest absolute Gasteiger partial charge is 0.251 e. The largest absolute Gasteiger partial charge is 0.348 e. The molecule has 0 aliphatic carbocycles. The first-order valence-electron chi connectivity index (χ1n) is 8.58. The van der Waals surface area contributed by atoms with Gasteiger partial charge in [-0.2, -0.15) is 0 Å². The van der Waals surface area contributed by atoms with Crippen LogP contribution in [0.25, 0.3) is 0 Å². The van der Waals surface area contributed by atoms with E-state index < -0.39 is 0 Å². The maximum absolute atomic E-state index is 12.2. The maximum Gasteiger partial charge on any atom is 0.251 e. The molecular weight excluding hydrogens is 314 g/mol. The van der Waals surface area contributed by atoms with Crippen LogP contribution in [0.4, 0.5) is 0 Å². The Hall–Kier alpha value is -2.66. The van der Waals surface area contributed by atoms with Gasteiger partial charge in [-0.25, -0.2) is 0 Å². The Balaban J connectivity index is 1.58. The van der Waals surface area contributed by atoms with E-state index in [-0.39, 0.29) is 11.8 Å². The fraction of sp³-hybridized carbons (Fsp3) is 0.300. The Morgan fingerprint density at radius 2 is 1.84 bits per heavy atom. The average molecular weight is 337 g/mol. The van der Waals surface area contributed by atoms with Crippen molar-refractivity contribution in [1.82, 2.24) is 10.2 Å². The van der Waals surface area contributed by atoms with Crippen molar-refractivity contribution in [2.45, 2.75) is 32.5 Å². The Kier molecular flexibility index (Phi) is 5.46. The predicted molar refractivity (Wildman–Crippen MR) is 96.6 cm³/mol. The second kappa shape index (κ2) is 7.94. The highest BCUT2D eigenvalue weighted by atomic mass is 16.2. The van der Waals surface area contributed by atoms with Crippen LogP contribution in [-0.2, 0) is 24.4 Å². The number of carbonyl (C=O) groups is 2. The molecule has 25 heavy (non-hydrogen) atoms. The molecule has 1 heterocycles. The summed E-state index contributed by atoms with van der Waals surface area (Å²) in [4.78, 5) is 25.9. The number of nitrogens with zero attached hydrogens (tertiary/aromatic N) is 1. The number of hydrogen-bond donors (Lipinski definition) is 2. The van der Waals surface area contributed by atoms with Crippen LogP contribution in [0.2, 0.25) is 0 Å². The minimum absolute atomic E-state index is 0.108. The van der Waals surface area contributed by atoms with E-state index in [1.807, 2.05) is 41.3 Å². The molecule has 1 aliphatic rings. The third-order valence-corrected chi connectivity index (χ3v) is 4.44. The van der Waals surface area contributed by atoms with Crippen molar-refractivity contribution in [3.63, 3.8) is 0 Å². The molecule has 3 N–H and O–H groups in total. The molecule has 1 aliphatic heterocycles. The molecule has 2 aromatic carbocycles. The summed E-state index contributed by atoms with van der Waals surface area (Å²) >= 11 is 0. The van der Waals surface area contributed by atoms with Crippen LogP contribution in [0.1, 0.15) is 39.9 Å². The van der Waals surface area contributed by atoms with Gasteiger partial charge in [0.25, 0.3) is 5.91 Å². The Morgan fingerprint density at radius 3 is 2.52 bits per heavy atom. The zero-order valence-electron chi connectivity index (χ0n) is 14.2. The van der Waals surface area contributed by atoms with E-state index in [0.717, 1.165) is 29.7 Å². The number of nitrogens with one attached hydrogen (secondary N) is 1. The van der Waals surface area contributed by atoms with Crippen LogP contribution in [0.5, 0.6) is 0 Å². The van der Waals surface area contributed by atoms with E-state index >= 15 is 0 Å². The fourth-order valence-corrected chi connectivity index (χ4v) is 3.01. The van der Waals surface area contributed by atoms with Gasteiger partial charge in [-0.15, -0.1) is 0 Å². The molecule has 0 aromatic heterocycles. The van der Waals surface area contributed by atoms with Gasteiger partial charge in [0.2, 0.25) is 5.91 Å². The topological polar surface area (TPSA) is 75.4 Å². The number of likely N-dealkylation sites (tertiary alicyclic amines) is 1. The van der Waals surface area contributed by atoms with Gasteiger partial charge in [-0.1, -0.05) is 36.4 Å². The zero-order valence-corrected chi connectivity index (χ0v) is 14.2. The lowest BCUT2D eigenvalue weighted by Crippen LogP contribution is -2.24. The van der Waals surface area contributed by atoms with Crippen LogP contribution < -0.4 is 11.1 Å². The summed E-state index contributed by atoms with van der Waals surface area (Å²) in [6.07, 6.45) is 1.59. The van der Waals surface area contributed by atoms with Crippen LogP contribution in [0.3, 0.4) is 0 Å². The number of carbonyl (C=O) groups excluding carboxylic acids is 2. The van der Waals surface area contributed by atoms with Gasteiger partial charge in [0.15, 0.2) is 0 Å². The molecule has 3 rings (SSSR count). The molecule has 0 saturated carbocycles. The molecule has 2 amide bonds. The molecule has 0 atom stereocenters. The molecule has 0 radical (unpaired) electrons. The summed E-state index contributed by atoms with van der Waals surface area (Å²) in [5.74, 6) is 0.114. The second-order valence-corrected chi connectivity index (χ2v) is 6.32. The van der Waals surface area contributed by atoms with Crippen molar-refractivity contribution in [3.8, 4) is 0 Å². The molecule has 2 aromatic rings. The van der Waals surface area contributed by atoms with E-state index in [2.05, 4.69) is 5.32 Å². The van der Waals surface area contributed by atoms with Crippen molar-refractivity contribution >= 4 is 11.8 Å². The van der Waals surface area contributed by atoms with Crippen molar-refractivity contribution in [1.29, 1.82) is 0 Å². The summed E-state index contributed by atoms with van der Waals surface area (Å²) < 4.78 is 0. The van der Waals surface area contributed by atoms with E-state index in [9.17, 15) is 9.59 Å². The lowest BCUT2D eigenvalue weighted by Gasteiger charge is -2.16. The molecule has 0 spiro atoms. The van der Waals surface area contributed by atoms with Crippen LogP contribution in [0, 0.1) is 0 Å². The SMILES string of the molecule is NCc1ccc(C(=O)NCc2cccc(CN3CCCC3=O)c2)cc1. The first-order valence-corrected chi connectivity index (χ1v) is 8.58. The van der Waals surface area contributed by atoms with Crippen molar-refractivity contribution in [3.05, 3.63) is 70.8 Å². The average Bonchev–Trinajstić information content (AvgIpc) is 3.05. The lowest BCUT2D eigenvalue weighted by molar-refractivity contribution is -0.128. The summed E-state index contributed by atoms with van der Waals surface area (Å²) in [5, 5.41) is 2.93. The standard InChI is InChI=1S/C20H23N3O2/c21-12-15-6-8-18(9-7-15)20(25)22-13-16-3-1-4-17(11-16)14-23-10-2-5-19(23)24/h1,3-4,6-9,11H,2,5,10,12-14,21H2,(H,22,25). The normalized spacial score (nSPS) is 14.0. The third-order valence-electron chi connectivity index (χ3n) is 4.44. The minimum atomic E-state index is -0.108. The fourth-order valence-electron chi connectivity index (χ4n) is 3.01. The molecule has 0 bridgehead atoms. The van der Waals surface area contributed by atoms with Gasteiger partial charge < -0.3 is 16.0 Å². The summed E-state index contributed by atoms with van der Waals surface area (Å²) in [6, 6.07) is 15.3. The predicted octanol–water partition coefficient (Wildman–Crippen LogP) is 2.20. The van der Waals surface area contributed by atoms with Crippen molar-refractivity contribution < 1.29 is 9.59 Å². The molecule has 5 nitrogen and oxygen atoms in total. The highest BCUT2D eigenvalue weighted by Gasteiger charge is 2.19. The van der Waals surface area contributed by atoms with Crippen molar-refractivity contribution in [2.75, 3.05) is 6.54 Å². The van der Waals surface area contributed by atoms with Gasteiger partial charge in [-0.05, 0) is 35.2 Å². The van der Waals surface area contributed by atoms with Gasteiger partial charge in [-0.3, -0.25) is 9.59 Å². The number of amides is 2. The third kappa shape index (κ3) is 4.45. The quantitative estimate of drug-likeness (QED) is 0.848. The van der Waals surface area contributed by atoms with E-state index in [0.29, 0.717) is 31.6 Å². The summed E-state index contributed by atoms with van der Waals surface area (Å²) in [6.45, 7) is 2.40. The Labute approximate surface area is 147 Å². The molecule has 1 saturated heterocycles. The Bertz CT molecular complexity index is 756. The van der Waals surface area contributed by atoms with Gasteiger partial charge in [0, 0.05) is 38.2 Å². The molecule has 1 fully saturated rings. The van der Waals surface area contributed by atoms with E-state index in [1.165, 1.54) is 0 Å².